The molecule has 92 valence electrons. The Morgan fingerprint density at radius 3 is 2.88 bits per heavy atom. The van der Waals surface area contributed by atoms with Crippen LogP contribution in [0, 0.1) is 5.92 Å². The number of thiophene rings is 1. The summed E-state index contributed by atoms with van der Waals surface area (Å²) in [5, 5.41) is 15.7. The van der Waals surface area contributed by atoms with Gasteiger partial charge < -0.3 is 10.4 Å². The lowest BCUT2D eigenvalue weighted by Crippen LogP contribution is -2.34. The first-order chi connectivity index (χ1) is 8.15. The molecule has 0 aromatic carbocycles. The summed E-state index contributed by atoms with van der Waals surface area (Å²) in [6.45, 7) is 0. The number of amides is 1. The topological polar surface area (TPSA) is 66.4 Å². The summed E-state index contributed by atoms with van der Waals surface area (Å²) in [6, 6.07) is 1.96. The molecule has 0 radical (unpaired) electrons. The predicted octanol–water partition coefficient (Wildman–Crippen LogP) is 1.66. The maximum absolute atomic E-state index is 11.7. The van der Waals surface area contributed by atoms with Gasteiger partial charge in [0.15, 0.2) is 0 Å². The molecule has 0 spiro atoms. The Bertz CT molecular complexity index is 402. The fraction of sp³-hybridized carbons (Fsp3) is 0.500. The van der Waals surface area contributed by atoms with Crippen molar-refractivity contribution in [1.29, 1.82) is 0 Å². The molecule has 4 nitrogen and oxygen atoms in total. The van der Waals surface area contributed by atoms with Crippen LogP contribution in [-0.2, 0) is 16.0 Å². The second-order valence-electron chi connectivity index (χ2n) is 4.42. The molecule has 1 aromatic rings. The van der Waals surface area contributed by atoms with E-state index in [1.165, 1.54) is 0 Å². The molecule has 2 rings (SSSR count). The standard InChI is InChI=1S/C12H15NO3S/c14-11(5-8-3-4-17-7-8)13-10-2-1-9(6-10)12(15)16/h3-4,7,9-10H,1-2,5-6H2,(H,13,14)(H,15,16)/t9-,10+/m0/s1. The molecule has 1 amide bonds. The molecule has 1 aliphatic rings. The summed E-state index contributed by atoms with van der Waals surface area (Å²) < 4.78 is 0. The largest absolute Gasteiger partial charge is 0.481 e. The highest BCUT2D eigenvalue weighted by atomic mass is 32.1. The maximum atomic E-state index is 11.7. The number of carbonyl (C=O) groups excluding carboxylic acids is 1. The van der Waals surface area contributed by atoms with Crippen LogP contribution in [0.5, 0.6) is 0 Å². The molecule has 1 fully saturated rings. The second kappa shape index (κ2) is 5.31. The zero-order chi connectivity index (χ0) is 12.3. The Morgan fingerprint density at radius 1 is 1.47 bits per heavy atom. The average Bonchev–Trinajstić information content (AvgIpc) is 2.88. The van der Waals surface area contributed by atoms with Crippen LogP contribution >= 0.6 is 11.3 Å². The number of hydrogen-bond acceptors (Lipinski definition) is 3. The van der Waals surface area contributed by atoms with Crippen molar-refractivity contribution in [3.63, 3.8) is 0 Å². The van der Waals surface area contributed by atoms with Gasteiger partial charge in [-0.3, -0.25) is 9.59 Å². The molecule has 0 unspecified atom stereocenters. The number of aliphatic carboxylic acids is 1. The third kappa shape index (κ3) is 3.30. The van der Waals surface area contributed by atoms with E-state index in [0.29, 0.717) is 19.3 Å². The van der Waals surface area contributed by atoms with Crippen molar-refractivity contribution in [3.05, 3.63) is 22.4 Å². The maximum Gasteiger partial charge on any atom is 0.306 e. The van der Waals surface area contributed by atoms with Crippen LogP contribution in [0.15, 0.2) is 16.8 Å². The zero-order valence-corrected chi connectivity index (χ0v) is 10.2. The van der Waals surface area contributed by atoms with Gasteiger partial charge in [-0.2, -0.15) is 11.3 Å². The first kappa shape index (κ1) is 12.1. The minimum absolute atomic E-state index is 0.0144. The van der Waals surface area contributed by atoms with Crippen molar-refractivity contribution in [2.75, 3.05) is 0 Å². The molecule has 1 saturated carbocycles. The molecule has 5 heteroatoms. The number of rotatable bonds is 4. The highest BCUT2D eigenvalue weighted by molar-refractivity contribution is 7.07. The van der Waals surface area contributed by atoms with E-state index in [1.807, 2.05) is 16.8 Å². The van der Waals surface area contributed by atoms with E-state index in [1.54, 1.807) is 11.3 Å². The Hall–Kier alpha value is -1.36. The molecule has 1 aromatic heterocycles. The van der Waals surface area contributed by atoms with E-state index in [4.69, 9.17) is 5.11 Å². The molecule has 17 heavy (non-hydrogen) atoms. The van der Waals surface area contributed by atoms with Gasteiger partial charge in [0.25, 0.3) is 0 Å². The van der Waals surface area contributed by atoms with Gasteiger partial charge in [-0.25, -0.2) is 0 Å². The van der Waals surface area contributed by atoms with Crippen LogP contribution in [-0.4, -0.2) is 23.0 Å². The summed E-state index contributed by atoms with van der Waals surface area (Å²) in [6.07, 6.45) is 2.38. The smallest absolute Gasteiger partial charge is 0.306 e. The molecule has 0 saturated heterocycles. The molecule has 1 aliphatic carbocycles. The Labute approximate surface area is 104 Å². The third-order valence-corrected chi connectivity index (χ3v) is 3.82. The van der Waals surface area contributed by atoms with Gasteiger partial charge >= 0.3 is 5.97 Å². The quantitative estimate of drug-likeness (QED) is 0.857. The van der Waals surface area contributed by atoms with Gasteiger partial charge in [0.2, 0.25) is 5.91 Å². The SMILES string of the molecule is O=C(Cc1ccsc1)N[C@@H]1CC[C@H](C(=O)O)C1. The molecular formula is C12H15NO3S. The van der Waals surface area contributed by atoms with Gasteiger partial charge in [0.05, 0.1) is 12.3 Å². The molecule has 0 aliphatic heterocycles. The lowest BCUT2D eigenvalue weighted by atomic mass is 10.1. The van der Waals surface area contributed by atoms with Crippen molar-refractivity contribution < 1.29 is 14.7 Å². The molecule has 2 atom stereocenters. The van der Waals surface area contributed by atoms with Crippen molar-refractivity contribution in [1.82, 2.24) is 5.32 Å². The van der Waals surface area contributed by atoms with Crippen molar-refractivity contribution >= 4 is 23.2 Å². The molecular weight excluding hydrogens is 238 g/mol. The second-order valence-corrected chi connectivity index (χ2v) is 5.20. The Morgan fingerprint density at radius 2 is 2.29 bits per heavy atom. The fourth-order valence-corrected chi connectivity index (χ4v) is 2.86. The third-order valence-electron chi connectivity index (χ3n) is 3.09. The normalized spacial score (nSPS) is 23.5. The lowest BCUT2D eigenvalue weighted by molar-refractivity contribution is -0.141. The van der Waals surface area contributed by atoms with E-state index in [2.05, 4.69) is 5.32 Å². The van der Waals surface area contributed by atoms with Gasteiger partial charge in [0.1, 0.15) is 0 Å². The summed E-state index contributed by atoms with van der Waals surface area (Å²) in [5.74, 6) is -1.06. The fourth-order valence-electron chi connectivity index (χ4n) is 2.19. The first-order valence-electron chi connectivity index (χ1n) is 5.68. The Balaban J connectivity index is 1.78. The van der Waals surface area contributed by atoms with E-state index < -0.39 is 5.97 Å². The van der Waals surface area contributed by atoms with Gasteiger partial charge in [-0.15, -0.1) is 0 Å². The van der Waals surface area contributed by atoms with Crippen LogP contribution in [0.1, 0.15) is 24.8 Å². The monoisotopic (exact) mass is 253 g/mol. The van der Waals surface area contributed by atoms with Gasteiger partial charge in [-0.05, 0) is 41.7 Å². The van der Waals surface area contributed by atoms with Crippen molar-refractivity contribution in [2.45, 2.75) is 31.7 Å². The van der Waals surface area contributed by atoms with Crippen LogP contribution in [0.3, 0.4) is 0 Å². The van der Waals surface area contributed by atoms with Crippen LogP contribution in [0.4, 0.5) is 0 Å². The van der Waals surface area contributed by atoms with Crippen molar-refractivity contribution in [3.8, 4) is 0 Å². The predicted molar refractivity (Wildman–Crippen MR) is 64.9 cm³/mol. The Kier molecular flexibility index (Phi) is 3.78. The number of carboxylic acids is 1. The molecule has 0 bridgehead atoms. The van der Waals surface area contributed by atoms with Gasteiger partial charge in [-0.1, -0.05) is 0 Å². The highest BCUT2D eigenvalue weighted by Gasteiger charge is 2.30. The summed E-state index contributed by atoms with van der Waals surface area (Å²) in [4.78, 5) is 22.5. The minimum Gasteiger partial charge on any atom is -0.481 e. The zero-order valence-electron chi connectivity index (χ0n) is 9.39. The number of nitrogens with one attached hydrogen (secondary N) is 1. The summed E-state index contributed by atoms with van der Waals surface area (Å²) in [5.41, 5.74) is 1.01. The number of carboxylic acid groups (broad SMARTS) is 1. The molecule has 1 heterocycles. The number of hydrogen-bond donors (Lipinski definition) is 2. The first-order valence-corrected chi connectivity index (χ1v) is 6.62. The van der Waals surface area contributed by atoms with E-state index in [0.717, 1.165) is 12.0 Å². The van der Waals surface area contributed by atoms with Crippen LogP contribution in [0.25, 0.3) is 0 Å². The highest BCUT2D eigenvalue weighted by Crippen LogP contribution is 2.25. The van der Waals surface area contributed by atoms with E-state index in [-0.39, 0.29) is 17.9 Å². The lowest BCUT2D eigenvalue weighted by Gasteiger charge is -2.11. The van der Waals surface area contributed by atoms with Crippen LogP contribution < -0.4 is 5.32 Å². The van der Waals surface area contributed by atoms with Crippen molar-refractivity contribution in [2.24, 2.45) is 5.92 Å². The summed E-state index contributed by atoms with van der Waals surface area (Å²) >= 11 is 1.57. The molecule has 2 N–H and O–H groups in total. The van der Waals surface area contributed by atoms with E-state index >= 15 is 0 Å². The number of carbonyl (C=O) groups is 2. The average molecular weight is 253 g/mol. The van der Waals surface area contributed by atoms with Gasteiger partial charge in [0, 0.05) is 6.04 Å². The summed E-state index contributed by atoms with van der Waals surface area (Å²) in [7, 11) is 0. The minimum atomic E-state index is -0.750. The van der Waals surface area contributed by atoms with Crippen LogP contribution in [0.2, 0.25) is 0 Å². The van der Waals surface area contributed by atoms with E-state index in [9.17, 15) is 9.59 Å².